The molecule has 2 heterocycles. The largest absolute Gasteiger partial charge is 0.414 e. The molecule has 0 aromatic heterocycles. The number of imide groups is 1. The molecule has 2 aliphatic heterocycles. The zero-order valence-corrected chi connectivity index (χ0v) is 20.5. The summed E-state index contributed by atoms with van der Waals surface area (Å²) in [6.07, 6.45) is 5.65. The molecule has 7 nitrogen and oxygen atoms in total. The molecule has 0 saturated carbocycles. The highest BCUT2D eigenvalue weighted by Crippen LogP contribution is 2.44. The third-order valence-electron chi connectivity index (χ3n) is 7.69. The predicted molar refractivity (Wildman–Crippen MR) is 133 cm³/mol. The molecule has 0 spiro atoms. The Morgan fingerprint density at radius 1 is 0.943 bits per heavy atom. The summed E-state index contributed by atoms with van der Waals surface area (Å²) in [6.45, 7) is 2.60. The smallest absolute Gasteiger partial charge is 0.410 e. The van der Waals surface area contributed by atoms with E-state index < -0.39 is 0 Å². The molecule has 3 aliphatic rings. The van der Waals surface area contributed by atoms with Gasteiger partial charge in [-0.1, -0.05) is 30.7 Å². The zero-order valence-electron chi connectivity index (χ0n) is 20.5. The minimum Gasteiger partial charge on any atom is -0.410 e. The average Bonchev–Trinajstić information content (AvgIpc) is 3.38. The van der Waals surface area contributed by atoms with Crippen LogP contribution in [0.4, 0.5) is 4.79 Å². The van der Waals surface area contributed by atoms with Crippen molar-refractivity contribution in [3.05, 3.63) is 64.7 Å². The van der Waals surface area contributed by atoms with Crippen molar-refractivity contribution in [3.8, 4) is 5.75 Å². The summed E-state index contributed by atoms with van der Waals surface area (Å²) in [7, 11) is 3.39. The number of hydrogen-bond donors (Lipinski definition) is 0. The van der Waals surface area contributed by atoms with Crippen LogP contribution in [0.3, 0.4) is 0 Å². The van der Waals surface area contributed by atoms with E-state index in [1.807, 2.05) is 12.1 Å². The Labute approximate surface area is 206 Å². The second-order valence-electron chi connectivity index (χ2n) is 9.99. The van der Waals surface area contributed by atoms with Gasteiger partial charge in [-0.25, -0.2) is 4.79 Å². The molecule has 2 atom stereocenters. The van der Waals surface area contributed by atoms with Gasteiger partial charge in [0.1, 0.15) is 5.75 Å². The molecule has 7 heteroatoms. The van der Waals surface area contributed by atoms with Gasteiger partial charge in [0.05, 0.1) is 11.1 Å². The molecule has 2 aromatic rings. The number of nitrogens with zero attached hydrogens (tertiary/aromatic N) is 3. The van der Waals surface area contributed by atoms with Gasteiger partial charge in [0.15, 0.2) is 0 Å². The summed E-state index contributed by atoms with van der Waals surface area (Å²) < 4.78 is 5.64. The third-order valence-corrected chi connectivity index (χ3v) is 7.69. The number of ether oxygens (including phenoxy) is 1. The fraction of sp³-hybridized carbons (Fsp3) is 0.464. The van der Waals surface area contributed by atoms with Crippen molar-refractivity contribution in [2.45, 2.75) is 50.5 Å². The number of fused-ring (bicyclic) bond motifs is 4. The van der Waals surface area contributed by atoms with Crippen LogP contribution < -0.4 is 4.74 Å². The molecule has 0 N–H and O–H groups in total. The van der Waals surface area contributed by atoms with Crippen LogP contribution in [0.5, 0.6) is 5.75 Å². The Balaban J connectivity index is 1.12. The molecule has 3 amide bonds. The summed E-state index contributed by atoms with van der Waals surface area (Å²) in [5.74, 6) is 0.857. The number of carbonyl (C=O) groups excluding carboxylic acids is 3. The van der Waals surface area contributed by atoms with E-state index in [0.717, 1.165) is 51.6 Å². The Bertz CT molecular complexity index is 1110. The number of amides is 3. The van der Waals surface area contributed by atoms with Crippen molar-refractivity contribution >= 4 is 17.9 Å². The third kappa shape index (κ3) is 4.45. The zero-order chi connectivity index (χ0) is 24.5. The molecule has 1 fully saturated rings. The summed E-state index contributed by atoms with van der Waals surface area (Å²) >= 11 is 0. The maximum atomic E-state index is 12.5. The van der Waals surface area contributed by atoms with E-state index in [-0.39, 0.29) is 17.9 Å². The Morgan fingerprint density at radius 3 is 2.37 bits per heavy atom. The Hall–Kier alpha value is -3.19. The summed E-state index contributed by atoms with van der Waals surface area (Å²) in [5.41, 5.74) is 3.57. The number of hydrogen-bond acceptors (Lipinski definition) is 5. The lowest BCUT2D eigenvalue weighted by Gasteiger charge is -2.34. The standard InChI is InChI=1S/C28H33N3O4/c1-29(2)28(34)35-25-12-8-11-19-20-15-18-30(24(20)14-13-21(19)25)16-6-3-7-17-31-26(32)22-9-4-5-10-23(22)27(31)33/h4-5,8-12,20,24H,3,6-7,13-18H2,1-2H3/t20-,24+/m0/s1. The van der Waals surface area contributed by atoms with Gasteiger partial charge in [-0.15, -0.1) is 0 Å². The van der Waals surface area contributed by atoms with Crippen LogP contribution in [-0.2, 0) is 6.42 Å². The van der Waals surface area contributed by atoms with E-state index in [9.17, 15) is 14.4 Å². The lowest BCUT2D eigenvalue weighted by Crippen LogP contribution is -2.36. The molecule has 5 rings (SSSR count). The number of rotatable bonds is 7. The molecule has 1 aliphatic carbocycles. The molecule has 0 bridgehead atoms. The van der Waals surface area contributed by atoms with E-state index in [2.05, 4.69) is 11.0 Å². The lowest BCUT2D eigenvalue weighted by atomic mass is 9.79. The quantitative estimate of drug-likeness (QED) is 0.441. The summed E-state index contributed by atoms with van der Waals surface area (Å²) in [5, 5.41) is 0. The first-order valence-corrected chi connectivity index (χ1v) is 12.7. The first-order valence-electron chi connectivity index (χ1n) is 12.7. The van der Waals surface area contributed by atoms with Crippen molar-refractivity contribution in [3.63, 3.8) is 0 Å². The second kappa shape index (κ2) is 9.82. The van der Waals surface area contributed by atoms with E-state index in [0.29, 0.717) is 35.4 Å². The SMILES string of the molecule is CN(C)C(=O)Oc1cccc2c1CC[C@@H]1[C@H]2CCN1CCCCCN1C(=O)c2ccccc2C1=O. The van der Waals surface area contributed by atoms with Crippen molar-refractivity contribution in [2.75, 3.05) is 33.7 Å². The monoisotopic (exact) mass is 475 g/mol. The van der Waals surface area contributed by atoms with Gasteiger partial charge in [-0.3, -0.25) is 19.4 Å². The van der Waals surface area contributed by atoms with Crippen LogP contribution >= 0.6 is 0 Å². The van der Waals surface area contributed by atoms with Crippen molar-refractivity contribution in [1.29, 1.82) is 0 Å². The van der Waals surface area contributed by atoms with Gasteiger partial charge in [0.2, 0.25) is 0 Å². The molecular weight excluding hydrogens is 442 g/mol. The van der Waals surface area contributed by atoms with Gasteiger partial charge >= 0.3 is 6.09 Å². The number of likely N-dealkylation sites (tertiary alicyclic amines) is 1. The van der Waals surface area contributed by atoms with Gasteiger partial charge in [0.25, 0.3) is 11.8 Å². The minimum atomic E-state index is -0.338. The van der Waals surface area contributed by atoms with Crippen LogP contribution in [0.25, 0.3) is 0 Å². The fourth-order valence-corrected chi connectivity index (χ4v) is 5.92. The predicted octanol–water partition coefficient (Wildman–Crippen LogP) is 4.32. The molecule has 0 unspecified atom stereocenters. The van der Waals surface area contributed by atoms with Gasteiger partial charge < -0.3 is 9.64 Å². The minimum absolute atomic E-state index is 0.163. The van der Waals surface area contributed by atoms with E-state index >= 15 is 0 Å². The molecule has 2 aromatic carbocycles. The van der Waals surface area contributed by atoms with Gasteiger partial charge in [0, 0.05) is 32.6 Å². The van der Waals surface area contributed by atoms with Crippen LogP contribution in [0.15, 0.2) is 42.5 Å². The molecule has 184 valence electrons. The van der Waals surface area contributed by atoms with Crippen LogP contribution in [0.2, 0.25) is 0 Å². The first kappa shape index (κ1) is 23.5. The van der Waals surface area contributed by atoms with Crippen molar-refractivity contribution < 1.29 is 19.1 Å². The highest BCUT2D eigenvalue weighted by molar-refractivity contribution is 6.21. The number of benzene rings is 2. The highest BCUT2D eigenvalue weighted by atomic mass is 16.6. The van der Waals surface area contributed by atoms with E-state index in [4.69, 9.17) is 4.74 Å². The van der Waals surface area contributed by atoms with Gasteiger partial charge in [-0.2, -0.15) is 0 Å². The van der Waals surface area contributed by atoms with Gasteiger partial charge in [-0.05, 0) is 74.5 Å². The maximum Gasteiger partial charge on any atom is 0.414 e. The van der Waals surface area contributed by atoms with Crippen LogP contribution in [0, 0.1) is 0 Å². The maximum absolute atomic E-state index is 12.5. The average molecular weight is 476 g/mol. The number of carbonyl (C=O) groups is 3. The summed E-state index contributed by atoms with van der Waals surface area (Å²) in [4.78, 5) is 42.6. The van der Waals surface area contributed by atoms with Crippen molar-refractivity contribution in [1.82, 2.24) is 14.7 Å². The highest BCUT2D eigenvalue weighted by Gasteiger charge is 2.39. The van der Waals surface area contributed by atoms with Crippen LogP contribution in [-0.4, -0.2) is 72.4 Å². The van der Waals surface area contributed by atoms with E-state index in [1.165, 1.54) is 20.9 Å². The van der Waals surface area contributed by atoms with Crippen molar-refractivity contribution in [2.24, 2.45) is 0 Å². The van der Waals surface area contributed by atoms with Crippen LogP contribution in [0.1, 0.15) is 69.9 Å². The fourth-order valence-electron chi connectivity index (χ4n) is 5.92. The summed E-state index contributed by atoms with van der Waals surface area (Å²) in [6, 6.07) is 13.7. The molecule has 0 radical (unpaired) electrons. The molecule has 1 saturated heterocycles. The normalized spacial score (nSPS) is 21.0. The lowest BCUT2D eigenvalue weighted by molar-refractivity contribution is 0.0651. The van der Waals surface area contributed by atoms with E-state index in [1.54, 1.807) is 38.4 Å². The first-order chi connectivity index (χ1) is 17.0. The topological polar surface area (TPSA) is 70.2 Å². The molecule has 35 heavy (non-hydrogen) atoms. The molecular formula is C28H33N3O4. The second-order valence-corrected chi connectivity index (χ2v) is 9.99. The Kier molecular flexibility index (Phi) is 6.60. The Morgan fingerprint density at radius 2 is 1.66 bits per heavy atom. The number of unbranched alkanes of at least 4 members (excludes halogenated alkanes) is 2.